The van der Waals surface area contributed by atoms with Gasteiger partial charge in [-0.25, -0.2) is 0 Å². The quantitative estimate of drug-likeness (QED) is 0.897. The second kappa shape index (κ2) is 5.58. The Morgan fingerprint density at radius 2 is 2.16 bits per heavy atom. The molecule has 2 aliphatic rings. The highest BCUT2D eigenvalue weighted by atomic mass is 32.2. The first-order valence-corrected chi connectivity index (χ1v) is 8.18. The minimum absolute atomic E-state index is 0.664. The Balaban J connectivity index is 1.60. The monoisotopic (exact) mass is 274 g/mol. The van der Waals surface area contributed by atoms with E-state index in [1.165, 1.54) is 42.5 Å². The number of aliphatic imine (C=N–C) groups is 1. The van der Waals surface area contributed by atoms with Gasteiger partial charge in [0.25, 0.3) is 0 Å². The summed E-state index contributed by atoms with van der Waals surface area (Å²) in [4.78, 5) is 4.63. The lowest BCUT2D eigenvalue weighted by atomic mass is 10.1. The largest absolute Gasteiger partial charge is 0.335 e. The summed E-state index contributed by atoms with van der Waals surface area (Å²) in [6.45, 7) is 5.54. The maximum Gasteiger partial charge on any atom is 0.161 e. The Bertz CT molecular complexity index is 494. The normalized spacial score (nSPS) is 21.6. The molecule has 19 heavy (non-hydrogen) atoms. The number of benzene rings is 1. The van der Waals surface area contributed by atoms with Crippen molar-refractivity contribution in [2.24, 2.45) is 10.9 Å². The molecule has 0 saturated carbocycles. The molecule has 0 saturated heterocycles. The zero-order valence-corrected chi connectivity index (χ0v) is 12.6. The Kier molecular flexibility index (Phi) is 3.83. The second-order valence-corrected chi connectivity index (χ2v) is 7.27. The molecule has 1 atom stereocenters. The standard InChI is InChI=1S/C16H22N2S/c1-11(2)8-15-10-17-16(19-15)18-14-7-6-12-4-3-5-13(12)9-14/h6-7,9,11,15H,3-5,8,10H2,1-2H3,(H,17,18). The lowest BCUT2D eigenvalue weighted by Gasteiger charge is -2.11. The van der Waals surface area contributed by atoms with E-state index in [4.69, 9.17) is 0 Å². The molecule has 1 aliphatic heterocycles. The molecule has 0 fully saturated rings. The van der Waals surface area contributed by atoms with Gasteiger partial charge in [0, 0.05) is 10.9 Å². The average molecular weight is 274 g/mol. The van der Waals surface area contributed by atoms with Crippen molar-refractivity contribution in [3.63, 3.8) is 0 Å². The number of aryl methyl sites for hydroxylation is 2. The summed E-state index contributed by atoms with van der Waals surface area (Å²) in [7, 11) is 0. The van der Waals surface area contributed by atoms with Gasteiger partial charge in [-0.3, -0.25) is 4.99 Å². The molecule has 1 aliphatic carbocycles. The number of fused-ring (bicyclic) bond motifs is 1. The van der Waals surface area contributed by atoms with Gasteiger partial charge in [0.15, 0.2) is 5.17 Å². The van der Waals surface area contributed by atoms with E-state index in [0.717, 1.165) is 17.6 Å². The van der Waals surface area contributed by atoms with E-state index in [1.807, 2.05) is 11.8 Å². The van der Waals surface area contributed by atoms with Crippen LogP contribution in [0, 0.1) is 5.92 Å². The molecule has 3 rings (SSSR count). The van der Waals surface area contributed by atoms with Gasteiger partial charge in [-0.2, -0.15) is 0 Å². The third-order valence-electron chi connectivity index (χ3n) is 3.80. The van der Waals surface area contributed by atoms with Crippen molar-refractivity contribution in [1.29, 1.82) is 0 Å². The van der Waals surface area contributed by atoms with Crippen LogP contribution in [0.1, 0.15) is 37.8 Å². The van der Waals surface area contributed by atoms with E-state index in [0.29, 0.717) is 5.25 Å². The first kappa shape index (κ1) is 13.0. The van der Waals surface area contributed by atoms with Crippen LogP contribution < -0.4 is 5.32 Å². The molecule has 0 bridgehead atoms. The molecular formula is C16H22N2S. The van der Waals surface area contributed by atoms with Crippen molar-refractivity contribution in [1.82, 2.24) is 0 Å². The highest BCUT2D eigenvalue weighted by Crippen LogP contribution is 2.29. The smallest absolute Gasteiger partial charge is 0.161 e. The van der Waals surface area contributed by atoms with Crippen LogP contribution in [0.15, 0.2) is 23.2 Å². The highest BCUT2D eigenvalue weighted by Gasteiger charge is 2.21. The molecule has 1 N–H and O–H groups in total. The summed E-state index contributed by atoms with van der Waals surface area (Å²) >= 11 is 1.91. The van der Waals surface area contributed by atoms with Crippen LogP contribution in [0.2, 0.25) is 0 Å². The number of rotatable bonds is 3. The maximum absolute atomic E-state index is 4.63. The van der Waals surface area contributed by atoms with Crippen LogP contribution in [0.5, 0.6) is 0 Å². The van der Waals surface area contributed by atoms with Crippen molar-refractivity contribution < 1.29 is 0 Å². The van der Waals surface area contributed by atoms with E-state index in [1.54, 1.807) is 0 Å². The number of amidine groups is 1. The summed E-state index contributed by atoms with van der Waals surface area (Å²) in [6.07, 6.45) is 5.05. The van der Waals surface area contributed by atoms with Gasteiger partial charge in [-0.05, 0) is 54.9 Å². The molecule has 0 spiro atoms. The zero-order valence-electron chi connectivity index (χ0n) is 11.8. The molecule has 0 radical (unpaired) electrons. The van der Waals surface area contributed by atoms with Crippen LogP contribution in [-0.4, -0.2) is 17.0 Å². The van der Waals surface area contributed by atoms with Gasteiger partial charge in [-0.15, -0.1) is 0 Å². The van der Waals surface area contributed by atoms with Crippen LogP contribution >= 0.6 is 11.8 Å². The fourth-order valence-electron chi connectivity index (χ4n) is 2.91. The van der Waals surface area contributed by atoms with Crippen molar-refractivity contribution in [2.75, 3.05) is 11.9 Å². The van der Waals surface area contributed by atoms with Gasteiger partial charge in [0.2, 0.25) is 0 Å². The number of anilines is 1. The first-order valence-electron chi connectivity index (χ1n) is 7.30. The lowest BCUT2D eigenvalue weighted by Crippen LogP contribution is -2.09. The van der Waals surface area contributed by atoms with E-state index >= 15 is 0 Å². The Hall–Kier alpha value is -0.960. The summed E-state index contributed by atoms with van der Waals surface area (Å²) in [5, 5.41) is 5.25. The predicted molar refractivity (Wildman–Crippen MR) is 85.2 cm³/mol. The predicted octanol–water partition coefficient (Wildman–Crippen LogP) is 4.10. The molecule has 3 heteroatoms. The average Bonchev–Trinajstić information content (AvgIpc) is 2.97. The molecule has 1 heterocycles. The third kappa shape index (κ3) is 3.14. The van der Waals surface area contributed by atoms with Crippen molar-refractivity contribution >= 4 is 22.6 Å². The van der Waals surface area contributed by atoms with E-state index in [-0.39, 0.29) is 0 Å². The Labute approximate surface area is 120 Å². The first-order chi connectivity index (χ1) is 9.20. The lowest BCUT2D eigenvalue weighted by molar-refractivity contribution is 0.575. The molecule has 1 unspecified atom stereocenters. The van der Waals surface area contributed by atoms with Gasteiger partial charge in [-0.1, -0.05) is 31.7 Å². The topological polar surface area (TPSA) is 24.4 Å². The third-order valence-corrected chi connectivity index (χ3v) is 4.93. The number of nitrogens with zero attached hydrogens (tertiary/aromatic N) is 1. The second-order valence-electron chi connectivity index (χ2n) is 5.98. The van der Waals surface area contributed by atoms with Gasteiger partial charge in [0.1, 0.15) is 0 Å². The van der Waals surface area contributed by atoms with Crippen LogP contribution in [0.25, 0.3) is 0 Å². The number of hydrogen-bond acceptors (Lipinski definition) is 3. The zero-order chi connectivity index (χ0) is 13.2. The maximum atomic E-state index is 4.63. The fourth-order valence-corrected chi connectivity index (χ4v) is 4.18. The van der Waals surface area contributed by atoms with Crippen LogP contribution in [-0.2, 0) is 12.8 Å². The Morgan fingerprint density at radius 1 is 1.32 bits per heavy atom. The van der Waals surface area contributed by atoms with Crippen LogP contribution in [0.3, 0.4) is 0 Å². The molecule has 0 aromatic heterocycles. The summed E-state index contributed by atoms with van der Waals surface area (Å²) < 4.78 is 0. The van der Waals surface area contributed by atoms with E-state index in [9.17, 15) is 0 Å². The summed E-state index contributed by atoms with van der Waals surface area (Å²) in [5.41, 5.74) is 4.26. The van der Waals surface area contributed by atoms with Crippen molar-refractivity contribution in [2.45, 2.75) is 44.8 Å². The van der Waals surface area contributed by atoms with Gasteiger partial charge < -0.3 is 5.32 Å². The Morgan fingerprint density at radius 3 is 3.00 bits per heavy atom. The van der Waals surface area contributed by atoms with Gasteiger partial charge in [0.05, 0.1) is 6.54 Å². The highest BCUT2D eigenvalue weighted by molar-refractivity contribution is 8.15. The fraction of sp³-hybridized carbons (Fsp3) is 0.562. The molecule has 102 valence electrons. The molecular weight excluding hydrogens is 252 g/mol. The minimum atomic E-state index is 0.664. The van der Waals surface area contributed by atoms with E-state index < -0.39 is 0 Å². The molecule has 1 aromatic rings. The summed E-state index contributed by atoms with van der Waals surface area (Å²) in [6, 6.07) is 6.78. The van der Waals surface area contributed by atoms with E-state index in [2.05, 4.69) is 42.4 Å². The summed E-state index contributed by atoms with van der Waals surface area (Å²) in [5.74, 6) is 0.757. The molecule has 2 nitrogen and oxygen atoms in total. The van der Waals surface area contributed by atoms with Crippen LogP contribution in [0.4, 0.5) is 5.69 Å². The number of hydrogen-bond donors (Lipinski definition) is 1. The molecule has 0 amide bonds. The number of thioether (sulfide) groups is 1. The number of nitrogens with one attached hydrogen (secondary N) is 1. The van der Waals surface area contributed by atoms with Gasteiger partial charge >= 0.3 is 0 Å². The SMILES string of the molecule is CC(C)CC1CN=C(Nc2ccc3c(c2)CCC3)S1. The minimum Gasteiger partial charge on any atom is -0.335 e. The molecule has 1 aromatic carbocycles. The van der Waals surface area contributed by atoms with Crippen molar-refractivity contribution in [3.8, 4) is 0 Å². The van der Waals surface area contributed by atoms with Crippen molar-refractivity contribution in [3.05, 3.63) is 29.3 Å².